The first-order valence-electron chi connectivity index (χ1n) is 6.33. The molecule has 1 unspecified atom stereocenters. The van der Waals surface area contributed by atoms with E-state index in [-0.39, 0.29) is 12.5 Å². The maximum atomic E-state index is 13.1. The zero-order chi connectivity index (χ0) is 14.5. The molecule has 0 amide bonds. The number of benzene rings is 1. The Bertz CT molecular complexity index is 542. The highest BCUT2D eigenvalue weighted by Crippen LogP contribution is 2.16. The SMILES string of the molecule is N#Cc1cc(F)ccc1CN1CCOC(CC(=O)O)C1. The molecule has 1 heterocycles. The Hall–Kier alpha value is -1.97. The molecule has 0 spiro atoms. The highest BCUT2D eigenvalue weighted by atomic mass is 19.1. The molecule has 1 aliphatic rings. The molecule has 1 saturated heterocycles. The zero-order valence-electron chi connectivity index (χ0n) is 10.9. The van der Waals surface area contributed by atoms with Gasteiger partial charge in [0.05, 0.1) is 30.8 Å². The van der Waals surface area contributed by atoms with E-state index in [0.29, 0.717) is 31.8 Å². The van der Waals surface area contributed by atoms with Crippen LogP contribution in [0.5, 0.6) is 0 Å². The lowest BCUT2D eigenvalue weighted by Gasteiger charge is -2.32. The van der Waals surface area contributed by atoms with Crippen molar-refractivity contribution < 1.29 is 19.0 Å². The summed E-state index contributed by atoms with van der Waals surface area (Å²) in [6.07, 6.45) is -0.377. The molecule has 0 aliphatic carbocycles. The van der Waals surface area contributed by atoms with E-state index in [0.717, 1.165) is 5.56 Å². The smallest absolute Gasteiger partial charge is 0.306 e. The Balaban J connectivity index is 2.03. The minimum absolute atomic E-state index is 0.0367. The quantitative estimate of drug-likeness (QED) is 0.900. The first-order chi connectivity index (χ1) is 9.58. The number of halogens is 1. The molecule has 1 atom stereocenters. The molecular weight excluding hydrogens is 263 g/mol. The second-order valence-corrected chi connectivity index (χ2v) is 4.74. The fraction of sp³-hybridized carbons (Fsp3) is 0.429. The Morgan fingerprint density at radius 1 is 1.60 bits per heavy atom. The van der Waals surface area contributed by atoms with Crippen LogP contribution in [0.3, 0.4) is 0 Å². The molecule has 1 aliphatic heterocycles. The van der Waals surface area contributed by atoms with Crippen LogP contribution in [-0.4, -0.2) is 41.8 Å². The molecule has 0 saturated carbocycles. The molecule has 6 heteroatoms. The predicted octanol–water partition coefficient (Wildman–Crippen LogP) is 1.37. The van der Waals surface area contributed by atoms with Crippen LogP contribution in [0.2, 0.25) is 0 Å². The number of hydrogen-bond acceptors (Lipinski definition) is 4. The fourth-order valence-corrected chi connectivity index (χ4v) is 2.27. The number of rotatable bonds is 4. The molecule has 0 bridgehead atoms. The van der Waals surface area contributed by atoms with Crippen molar-refractivity contribution in [3.63, 3.8) is 0 Å². The van der Waals surface area contributed by atoms with Crippen LogP contribution < -0.4 is 0 Å². The van der Waals surface area contributed by atoms with Crippen molar-refractivity contribution in [3.8, 4) is 6.07 Å². The van der Waals surface area contributed by atoms with E-state index in [9.17, 15) is 9.18 Å². The number of morpholine rings is 1. The number of hydrogen-bond donors (Lipinski definition) is 1. The van der Waals surface area contributed by atoms with Crippen LogP contribution in [0.4, 0.5) is 4.39 Å². The van der Waals surface area contributed by atoms with Crippen LogP contribution in [0.25, 0.3) is 0 Å². The van der Waals surface area contributed by atoms with Gasteiger partial charge >= 0.3 is 5.97 Å². The number of aliphatic carboxylic acids is 1. The third-order valence-corrected chi connectivity index (χ3v) is 3.21. The molecule has 1 aromatic carbocycles. The summed E-state index contributed by atoms with van der Waals surface area (Å²) >= 11 is 0. The van der Waals surface area contributed by atoms with Gasteiger partial charge in [-0.3, -0.25) is 9.69 Å². The van der Waals surface area contributed by atoms with E-state index in [4.69, 9.17) is 15.1 Å². The second kappa shape index (κ2) is 6.46. The predicted molar refractivity (Wildman–Crippen MR) is 68.4 cm³/mol. The topological polar surface area (TPSA) is 73.6 Å². The van der Waals surface area contributed by atoms with E-state index in [1.807, 2.05) is 11.0 Å². The number of ether oxygens (including phenoxy) is 1. The first kappa shape index (κ1) is 14.4. The second-order valence-electron chi connectivity index (χ2n) is 4.74. The van der Waals surface area contributed by atoms with Gasteiger partial charge in [0, 0.05) is 19.6 Å². The zero-order valence-corrected chi connectivity index (χ0v) is 10.9. The van der Waals surface area contributed by atoms with Crippen molar-refractivity contribution in [2.75, 3.05) is 19.7 Å². The molecule has 1 fully saturated rings. The molecular formula is C14H15FN2O3. The molecule has 1 N–H and O–H groups in total. The van der Waals surface area contributed by atoms with Gasteiger partial charge in [-0.2, -0.15) is 5.26 Å². The summed E-state index contributed by atoms with van der Waals surface area (Å²) in [6.45, 7) is 2.11. The van der Waals surface area contributed by atoms with Gasteiger partial charge in [0.1, 0.15) is 5.82 Å². The van der Waals surface area contributed by atoms with Gasteiger partial charge in [-0.15, -0.1) is 0 Å². The molecule has 0 radical (unpaired) electrons. The first-order valence-corrected chi connectivity index (χ1v) is 6.33. The minimum Gasteiger partial charge on any atom is -0.481 e. The third-order valence-electron chi connectivity index (χ3n) is 3.21. The molecule has 106 valence electrons. The Labute approximate surface area is 116 Å². The van der Waals surface area contributed by atoms with E-state index in [2.05, 4.69) is 0 Å². The van der Waals surface area contributed by atoms with Crippen molar-refractivity contribution >= 4 is 5.97 Å². The summed E-state index contributed by atoms with van der Waals surface area (Å²) in [5.74, 6) is -1.33. The number of nitriles is 1. The van der Waals surface area contributed by atoms with E-state index >= 15 is 0 Å². The average Bonchev–Trinajstić information content (AvgIpc) is 2.40. The monoisotopic (exact) mass is 278 g/mol. The third kappa shape index (κ3) is 3.76. The molecule has 0 aromatic heterocycles. The Morgan fingerprint density at radius 3 is 3.10 bits per heavy atom. The highest BCUT2D eigenvalue weighted by Gasteiger charge is 2.23. The molecule has 5 nitrogen and oxygen atoms in total. The summed E-state index contributed by atoms with van der Waals surface area (Å²) in [6, 6.07) is 6.11. The van der Waals surface area contributed by atoms with E-state index in [1.165, 1.54) is 12.1 Å². The Morgan fingerprint density at radius 2 is 2.40 bits per heavy atom. The van der Waals surface area contributed by atoms with Crippen LogP contribution >= 0.6 is 0 Å². The standard InChI is InChI=1S/C14H15FN2O3/c15-12-2-1-10(11(5-12)7-16)8-17-3-4-20-13(9-17)6-14(18)19/h1-2,5,13H,3-4,6,8-9H2,(H,18,19). The summed E-state index contributed by atoms with van der Waals surface area (Å²) in [5.41, 5.74) is 1.05. The lowest BCUT2D eigenvalue weighted by atomic mass is 10.1. The Kier molecular flexibility index (Phi) is 4.66. The van der Waals surface area contributed by atoms with Crippen molar-refractivity contribution in [1.29, 1.82) is 5.26 Å². The van der Waals surface area contributed by atoms with Gasteiger partial charge in [-0.1, -0.05) is 6.07 Å². The van der Waals surface area contributed by atoms with Gasteiger partial charge in [0.25, 0.3) is 0 Å². The number of nitrogens with zero attached hydrogens (tertiary/aromatic N) is 2. The fourth-order valence-electron chi connectivity index (χ4n) is 2.27. The van der Waals surface area contributed by atoms with E-state index < -0.39 is 11.8 Å². The number of carbonyl (C=O) groups is 1. The lowest BCUT2D eigenvalue weighted by Crippen LogP contribution is -2.42. The normalized spacial score (nSPS) is 19.5. The van der Waals surface area contributed by atoms with Crippen LogP contribution in [0.15, 0.2) is 18.2 Å². The van der Waals surface area contributed by atoms with Gasteiger partial charge in [0.2, 0.25) is 0 Å². The number of carboxylic acid groups (broad SMARTS) is 1. The summed E-state index contributed by atoms with van der Waals surface area (Å²) in [7, 11) is 0. The van der Waals surface area contributed by atoms with Crippen molar-refractivity contribution in [1.82, 2.24) is 4.90 Å². The largest absolute Gasteiger partial charge is 0.481 e. The number of carboxylic acids is 1. The highest BCUT2D eigenvalue weighted by molar-refractivity contribution is 5.67. The van der Waals surface area contributed by atoms with Gasteiger partial charge in [-0.25, -0.2) is 4.39 Å². The maximum absolute atomic E-state index is 13.1. The van der Waals surface area contributed by atoms with Crippen molar-refractivity contribution in [2.45, 2.75) is 19.1 Å². The van der Waals surface area contributed by atoms with Crippen molar-refractivity contribution in [2.24, 2.45) is 0 Å². The van der Waals surface area contributed by atoms with Gasteiger partial charge < -0.3 is 9.84 Å². The van der Waals surface area contributed by atoms with E-state index in [1.54, 1.807) is 6.07 Å². The molecule has 20 heavy (non-hydrogen) atoms. The lowest BCUT2D eigenvalue weighted by molar-refractivity contribution is -0.142. The van der Waals surface area contributed by atoms with Crippen LogP contribution in [0, 0.1) is 17.1 Å². The average molecular weight is 278 g/mol. The summed E-state index contributed by atoms with van der Waals surface area (Å²) < 4.78 is 18.5. The van der Waals surface area contributed by atoms with Crippen LogP contribution in [-0.2, 0) is 16.1 Å². The minimum atomic E-state index is -0.892. The van der Waals surface area contributed by atoms with Gasteiger partial charge in [-0.05, 0) is 17.7 Å². The van der Waals surface area contributed by atoms with Gasteiger partial charge in [0.15, 0.2) is 0 Å². The molecule has 2 rings (SSSR count). The van der Waals surface area contributed by atoms with Crippen molar-refractivity contribution in [3.05, 3.63) is 35.1 Å². The summed E-state index contributed by atoms with van der Waals surface area (Å²) in [4.78, 5) is 12.7. The summed E-state index contributed by atoms with van der Waals surface area (Å²) in [5, 5.41) is 17.8. The maximum Gasteiger partial charge on any atom is 0.306 e. The van der Waals surface area contributed by atoms with Crippen LogP contribution in [0.1, 0.15) is 17.5 Å². The molecule has 1 aromatic rings.